The van der Waals surface area contributed by atoms with Crippen molar-refractivity contribution in [2.45, 2.75) is 25.1 Å². The van der Waals surface area contributed by atoms with E-state index in [1.807, 2.05) is 0 Å². The second-order valence-electron chi connectivity index (χ2n) is 5.94. The van der Waals surface area contributed by atoms with Crippen molar-refractivity contribution in [2.75, 3.05) is 18.0 Å². The van der Waals surface area contributed by atoms with Gasteiger partial charge >= 0.3 is 6.18 Å². The Kier molecular flexibility index (Phi) is 4.92. The minimum Gasteiger partial charge on any atom is -0.356 e. The number of carbonyl (C=O) groups is 1. The summed E-state index contributed by atoms with van der Waals surface area (Å²) in [5, 5.41) is 2.86. The molecule has 0 unspecified atom stereocenters. The molecular formula is C16H16F3N5O2. The quantitative estimate of drug-likeness (QED) is 0.860. The van der Waals surface area contributed by atoms with E-state index < -0.39 is 11.9 Å². The third kappa shape index (κ3) is 4.19. The molecule has 0 spiro atoms. The number of carbonyl (C=O) groups excluding carboxylic acids is 1. The van der Waals surface area contributed by atoms with Crippen molar-refractivity contribution in [3.05, 3.63) is 52.3 Å². The molecule has 2 N–H and O–H groups in total. The van der Waals surface area contributed by atoms with Gasteiger partial charge in [-0.25, -0.2) is 9.97 Å². The van der Waals surface area contributed by atoms with Crippen LogP contribution >= 0.6 is 0 Å². The normalized spacial score (nSPS) is 15.7. The smallest absolute Gasteiger partial charge is 0.356 e. The first-order chi connectivity index (χ1) is 12.3. The molecule has 2 aromatic rings. The van der Waals surface area contributed by atoms with Crippen molar-refractivity contribution in [1.29, 1.82) is 0 Å². The zero-order valence-electron chi connectivity index (χ0n) is 13.6. The highest BCUT2D eigenvalue weighted by Gasteiger charge is 2.33. The molecule has 0 saturated carbocycles. The molecule has 1 saturated heterocycles. The first kappa shape index (κ1) is 17.9. The molecule has 1 aliphatic heterocycles. The van der Waals surface area contributed by atoms with Gasteiger partial charge in [-0.1, -0.05) is 0 Å². The van der Waals surface area contributed by atoms with Crippen LogP contribution in [-0.4, -0.2) is 40.0 Å². The van der Waals surface area contributed by atoms with E-state index in [1.54, 1.807) is 4.90 Å². The standard InChI is InChI=1S/C16H16F3N5O2/c17-16(18,19)12-7-13(22-9-21-12)24-5-3-11(4-6-24)23-15(26)10-1-2-14(25)20-8-10/h1-2,7-9,11H,3-6H2,(H,20,25)(H,23,26). The largest absolute Gasteiger partial charge is 0.433 e. The Bertz CT molecular complexity index is 824. The number of pyridine rings is 1. The maximum atomic E-state index is 12.7. The van der Waals surface area contributed by atoms with Gasteiger partial charge in [0.2, 0.25) is 5.56 Å². The van der Waals surface area contributed by atoms with Crippen molar-refractivity contribution >= 4 is 11.7 Å². The molecule has 1 aliphatic rings. The summed E-state index contributed by atoms with van der Waals surface area (Å²) < 4.78 is 38.2. The lowest BCUT2D eigenvalue weighted by Crippen LogP contribution is -2.45. The van der Waals surface area contributed by atoms with Crippen molar-refractivity contribution in [2.24, 2.45) is 0 Å². The van der Waals surface area contributed by atoms with Crippen LogP contribution < -0.4 is 15.8 Å². The summed E-state index contributed by atoms with van der Waals surface area (Å²) in [6, 6.07) is 3.53. The maximum Gasteiger partial charge on any atom is 0.433 e. The average Bonchev–Trinajstić information content (AvgIpc) is 2.62. The molecule has 0 aromatic carbocycles. The number of rotatable bonds is 3. The number of aromatic nitrogens is 3. The fourth-order valence-electron chi connectivity index (χ4n) is 2.75. The van der Waals surface area contributed by atoms with Crippen molar-refractivity contribution in [1.82, 2.24) is 20.3 Å². The molecule has 1 fully saturated rings. The Labute approximate surface area is 146 Å². The van der Waals surface area contributed by atoms with Crippen LogP contribution in [0.4, 0.5) is 19.0 Å². The van der Waals surface area contributed by atoms with Gasteiger partial charge in [0.05, 0.1) is 5.56 Å². The second-order valence-corrected chi connectivity index (χ2v) is 5.94. The zero-order valence-corrected chi connectivity index (χ0v) is 13.6. The molecule has 138 valence electrons. The van der Waals surface area contributed by atoms with Crippen molar-refractivity contribution in [3.8, 4) is 0 Å². The van der Waals surface area contributed by atoms with E-state index in [1.165, 1.54) is 18.3 Å². The second kappa shape index (κ2) is 7.14. The third-order valence-electron chi connectivity index (χ3n) is 4.14. The van der Waals surface area contributed by atoms with Gasteiger partial charge < -0.3 is 15.2 Å². The number of halogens is 3. The number of hydrogen-bond acceptors (Lipinski definition) is 5. The highest BCUT2D eigenvalue weighted by Crippen LogP contribution is 2.29. The Hall–Kier alpha value is -2.91. The maximum absolute atomic E-state index is 12.7. The Balaban J connectivity index is 1.58. The number of amides is 1. The van der Waals surface area contributed by atoms with E-state index in [2.05, 4.69) is 20.3 Å². The topological polar surface area (TPSA) is 91.0 Å². The first-order valence-electron chi connectivity index (χ1n) is 7.97. The lowest BCUT2D eigenvalue weighted by atomic mass is 10.0. The van der Waals surface area contributed by atoms with Crippen LogP contribution in [0.3, 0.4) is 0 Å². The lowest BCUT2D eigenvalue weighted by molar-refractivity contribution is -0.141. The van der Waals surface area contributed by atoms with E-state index in [4.69, 9.17) is 0 Å². The molecule has 1 amide bonds. The first-order valence-corrected chi connectivity index (χ1v) is 7.97. The summed E-state index contributed by atoms with van der Waals surface area (Å²) in [4.78, 5) is 34.5. The summed E-state index contributed by atoms with van der Waals surface area (Å²) in [5.74, 6) is -0.0844. The molecule has 2 aromatic heterocycles. The van der Waals surface area contributed by atoms with Crippen LogP contribution in [-0.2, 0) is 6.18 Å². The predicted octanol–water partition coefficient (Wildman–Crippen LogP) is 1.58. The molecule has 0 aliphatic carbocycles. The van der Waals surface area contributed by atoms with Crippen molar-refractivity contribution < 1.29 is 18.0 Å². The minimum absolute atomic E-state index is 0.102. The minimum atomic E-state index is -4.51. The SMILES string of the molecule is O=C(NC1CCN(c2cc(C(F)(F)F)ncn2)CC1)c1ccc(=O)[nH]c1. The fourth-order valence-corrected chi connectivity index (χ4v) is 2.75. The van der Waals surface area contributed by atoms with Crippen LogP contribution in [0.2, 0.25) is 0 Å². The third-order valence-corrected chi connectivity index (χ3v) is 4.14. The number of nitrogens with one attached hydrogen (secondary N) is 2. The monoisotopic (exact) mass is 367 g/mol. The molecule has 3 rings (SSSR count). The molecule has 0 bridgehead atoms. The molecule has 26 heavy (non-hydrogen) atoms. The number of piperidine rings is 1. The van der Waals surface area contributed by atoms with Gasteiger partial charge in [-0.2, -0.15) is 13.2 Å². The van der Waals surface area contributed by atoms with Crippen LogP contribution in [0.15, 0.2) is 35.5 Å². The van der Waals surface area contributed by atoms with Gasteiger partial charge in [0.25, 0.3) is 5.91 Å². The van der Waals surface area contributed by atoms with Crippen LogP contribution in [0, 0.1) is 0 Å². The number of hydrogen-bond donors (Lipinski definition) is 2. The van der Waals surface area contributed by atoms with Crippen LogP contribution in [0.5, 0.6) is 0 Å². The van der Waals surface area contributed by atoms with E-state index >= 15 is 0 Å². The van der Waals surface area contributed by atoms with Gasteiger partial charge in [0, 0.05) is 37.5 Å². The van der Waals surface area contributed by atoms with Gasteiger partial charge in [-0.3, -0.25) is 9.59 Å². The van der Waals surface area contributed by atoms with E-state index in [0.29, 0.717) is 31.5 Å². The van der Waals surface area contributed by atoms with Gasteiger partial charge in [0.1, 0.15) is 17.8 Å². The number of H-pyrrole nitrogens is 1. The van der Waals surface area contributed by atoms with E-state index in [-0.39, 0.29) is 23.3 Å². The number of nitrogens with zero attached hydrogens (tertiary/aromatic N) is 3. The van der Waals surface area contributed by atoms with Crippen LogP contribution in [0.25, 0.3) is 0 Å². The molecule has 0 radical (unpaired) electrons. The summed E-state index contributed by atoms with van der Waals surface area (Å²) in [5.41, 5.74) is -0.924. The fraction of sp³-hybridized carbons (Fsp3) is 0.375. The van der Waals surface area contributed by atoms with Crippen LogP contribution in [0.1, 0.15) is 28.9 Å². The highest BCUT2D eigenvalue weighted by molar-refractivity contribution is 5.94. The summed E-state index contributed by atoms with van der Waals surface area (Å²) >= 11 is 0. The predicted molar refractivity (Wildman–Crippen MR) is 86.8 cm³/mol. The highest BCUT2D eigenvalue weighted by atomic mass is 19.4. The number of alkyl halides is 3. The van der Waals surface area contributed by atoms with Crippen molar-refractivity contribution in [3.63, 3.8) is 0 Å². The van der Waals surface area contributed by atoms with Gasteiger partial charge in [-0.15, -0.1) is 0 Å². The summed E-state index contributed by atoms with van der Waals surface area (Å²) in [6.45, 7) is 0.926. The Morgan fingerprint density at radius 1 is 1.23 bits per heavy atom. The van der Waals surface area contributed by atoms with E-state index in [0.717, 1.165) is 12.4 Å². The Morgan fingerprint density at radius 2 is 1.96 bits per heavy atom. The summed E-state index contributed by atoms with van der Waals surface area (Å²) in [7, 11) is 0. The number of anilines is 1. The molecular weight excluding hydrogens is 351 g/mol. The van der Waals surface area contributed by atoms with E-state index in [9.17, 15) is 22.8 Å². The molecule has 10 heteroatoms. The number of aromatic amines is 1. The molecule has 7 nitrogen and oxygen atoms in total. The summed E-state index contributed by atoms with van der Waals surface area (Å²) in [6.07, 6.45) is -1.13. The average molecular weight is 367 g/mol. The van der Waals surface area contributed by atoms with Gasteiger partial charge in [0.15, 0.2) is 0 Å². The molecule has 0 atom stereocenters. The Morgan fingerprint density at radius 3 is 2.58 bits per heavy atom. The molecule has 3 heterocycles. The lowest BCUT2D eigenvalue weighted by Gasteiger charge is -2.33. The van der Waals surface area contributed by atoms with Gasteiger partial charge in [-0.05, 0) is 18.9 Å². The zero-order chi connectivity index (χ0) is 18.7.